The molecule has 0 spiro atoms. The molecule has 2 rings (SSSR count). The van der Waals surface area contributed by atoms with Crippen LogP contribution in [0.3, 0.4) is 0 Å². The standard InChI is InChI=1S/C12H18N4O2/c1-16(7-3-2-4-8-17)10-6-5-9(13)11-12(10)15-18-14-11/h5-6,17H,2-4,7-8,13H2,1H3. The predicted molar refractivity (Wildman–Crippen MR) is 70.4 cm³/mol. The number of benzene rings is 1. The lowest BCUT2D eigenvalue weighted by molar-refractivity contribution is 0.283. The molecule has 1 heterocycles. The van der Waals surface area contributed by atoms with E-state index >= 15 is 0 Å². The molecule has 0 fully saturated rings. The molecular weight excluding hydrogens is 232 g/mol. The van der Waals surface area contributed by atoms with Gasteiger partial charge in [0.05, 0.1) is 11.4 Å². The van der Waals surface area contributed by atoms with Crippen LogP contribution >= 0.6 is 0 Å². The van der Waals surface area contributed by atoms with E-state index in [4.69, 9.17) is 15.5 Å². The van der Waals surface area contributed by atoms with Crippen molar-refractivity contribution in [1.29, 1.82) is 0 Å². The number of aromatic nitrogens is 2. The van der Waals surface area contributed by atoms with Crippen LogP contribution in [0.15, 0.2) is 16.8 Å². The van der Waals surface area contributed by atoms with Crippen LogP contribution in [0.25, 0.3) is 11.0 Å². The third kappa shape index (κ3) is 2.53. The Morgan fingerprint density at radius 1 is 1.22 bits per heavy atom. The maximum absolute atomic E-state index is 8.73. The van der Waals surface area contributed by atoms with Gasteiger partial charge in [-0.2, -0.15) is 0 Å². The monoisotopic (exact) mass is 250 g/mol. The SMILES string of the molecule is CN(CCCCCO)c1ccc(N)c2nonc12. The molecular formula is C12H18N4O2. The number of unbranched alkanes of at least 4 members (excludes halogenated alkanes) is 2. The number of nitrogens with zero attached hydrogens (tertiary/aromatic N) is 3. The smallest absolute Gasteiger partial charge is 0.160 e. The molecule has 0 aliphatic rings. The summed E-state index contributed by atoms with van der Waals surface area (Å²) in [4.78, 5) is 2.10. The van der Waals surface area contributed by atoms with Gasteiger partial charge in [0.1, 0.15) is 0 Å². The molecule has 6 heteroatoms. The highest BCUT2D eigenvalue weighted by Crippen LogP contribution is 2.27. The number of nitrogen functional groups attached to an aromatic ring is 1. The summed E-state index contributed by atoms with van der Waals surface area (Å²) >= 11 is 0. The molecule has 2 aromatic rings. The normalized spacial score (nSPS) is 11.0. The van der Waals surface area contributed by atoms with E-state index in [-0.39, 0.29) is 6.61 Å². The fourth-order valence-corrected chi connectivity index (χ4v) is 1.94. The molecule has 0 bridgehead atoms. The summed E-state index contributed by atoms with van der Waals surface area (Å²) in [5.74, 6) is 0. The lowest BCUT2D eigenvalue weighted by atomic mass is 10.2. The van der Waals surface area contributed by atoms with E-state index in [1.165, 1.54) is 0 Å². The maximum Gasteiger partial charge on any atom is 0.160 e. The van der Waals surface area contributed by atoms with Crippen LogP contribution in [0.4, 0.5) is 11.4 Å². The molecule has 0 radical (unpaired) electrons. The summed E-state index contributed by atoms with van der Waals surface area (Å²) in [6.07, 6.45) is 2.88. The van der Waals surface area contributed by atoms with Crippen LogP contribution in [0.5, 0.6) is 0 Å². The fraction of sp³-hybridized carbons (Fsp3) is 0.500. The van der Waals surface area contributed by atoms with Gasteiger partial charge in [0, 0.05) is 20.2 Å². The van der Waals surface area contributed by atoms with E-state index in [9.17, 15) is 0 Å². The number of nitrogens with two attached hydrogens (primary N) is 1. The van der Waals surface area contributed by atoms with Crippen molar-refractivity contribution >= 4 is 22.4 Å². The summed E-state index contributed by atoms with van der Waals surface area (Å²) in [7, 11) is 2.00. The lowest BCUT2D eigenvalue weighted by Gasteiger charge is -2.19. The highest BCUT2D eigenvalue weighted by atomic mass is 16.6. The zero-order valence-electron chi connectivity index (χ0n) is 10.5. The van der Waals surface area contributed by atoms with Gasteiger partial charge in [-0.05, 0) is 41.7 Å². The minimum absolute atomic E-state index is 0.253. The van der Waals surface area contributed by atoms with Crippen molar-refractivity contribution in [2.24, 2.45) is 0 Å². The molecule has 3 N–H and O–H groups in total. The highest BCUT2D eigenvalue weighted by molar-refractivity contribution is 5.95. The summed E-state index contributed by atoms with van der Waals surface area (Å²) in [5.41, 5.74) is 8.64. The number of hydrogen-bond donors (Lipinski definition) is 2. The fourth-order valence-electron chi connectivity index (χ4n) is 1.94. The van der Waals surface area contributed by atoms with Gasteiger partial charge in [0.15, 0.2) is 11.0 Å². The third-order valence-corrected chi connectivity index (χ3v) is 2.99. The van der Waals surface area contributed by atoms with Gasteiger partial charge in [-0.25, -0.2) is 4.63 Å². The lowest BCUT2D eigenvalue weighted by Crippen LogP contribution is -2.19. The van der Waals surface area contributed by atoms with Gasteiger partial charge in [-0.3, -0.25) is 0 Å². The van der Waals surface area contributed by atoms with Crippen LogP contribution < -0.4 is 10.6 Å². The minimum atomic E-state index is 0.253. The van der Waals surface area contributed by atoms with Crippen molar-refractivity contribution in [2.75, 3.05) is 30.8 Å². The second kappa shape index (κ2) is 5.68. The first-order valence-electron chi connectivity index (χ1n) is 6.06. The number of rotatable bonds is 6. The van der Waals surface area contributed by atoms with Crippen molar-refractivity contribution in [3.05, 3.63) is 12.1 Å². The molecule has 0 unspecified atom stereocenters. The topological polar surface area (TPSA) is 88.4 Å². The molecule has 0 saturated heterocycles. The molecule has 98 valence electrons. The molecule has 0 saturated carbocycles. The zero-order valence-corrected chi connectivity index (χ0v) is 10.5. The molecule has 0 amide bonds. The quantitative estimate of drug-likeness (QED) is 0.595. The van der Waals surface area contributed by atoms with Gasteiger partial charge in [-0.15, -0.1) is 0 Å². The summed E-state index contributed by atoms with van der Waals surface area (Å²) in [5, 5.41) is 16.4. The minimum Gasteiger partial charge on any atom is -0.397 e. The first kappa shape index (κ1) is 12.6. The van der Waals surface area contributed by atoms with E-state index in [1.807, 2.05) is 19.2 Å². The molecule has 0 aliphatic carbocycles. The van der Waals surface area contributed by atoms with Crippen molar-refractivity contribution in [2.45, 2.75) is 19.3 Å². The van der Waals surface area contributed by atoms with Crippen LogP contribution in [0, 0.1) is 0 Å². The van der Waals surface area contributed by atoms with Crippen molar-refractivity contribution < 1.29 is 9.74 Å². The van der Waals surface area contributed by atoms with Gasteiger partial charge < -0.3 is 15.7 Å². The predicted octanol–water partition coefficient (Wildman–Crippen LogP) is 1.40. The van der Waals surface area contributed by atoms with Crippen LogP contribution in [0.2, 0.25) is 0 Å². The van der Waals surface area contributed by atoms with Gasteiger partial charge in [-0.1, -0.05) is 0 Å². The molecule has 1 aromatic carbocycles. The Bertz CT molecular complexity index is 512. The van der Waals surface area contributed by atoms with E-state index in [0.717, 1.165) is 31.5 Å². The number of hydrogen-bond acceptors (Lipinski definition) is 6. The summed E-state index contributed by atoms with van der Waals surface area (Å²) in [6, 6.07) is 3.74. The molecule has 0 aliphatic heterocycles. The molecule has 0 atom stereocenters. The van der Waals surface area contributed by atoms with Gasteiger partial charge >= 0.3 is 0 Å². The number of anilines is 2. The Labute approximate surface area is 105 Å². The zero-order chi connectivity index (χ0) is 13.0. The van der Waals surface area contributed by atoms with Gasteiger partial charge in [0.25, 0.3) is 0 Å². The Hall–Kier alpha value is -1.82. The third-order valence-electron chi connectivity index (χ3n) is 2.99. The Balaban J connectivity index is 2.10. The van der Waals surface area contributed by atoms with Crippen LogP contribution in [-0.2, 0) is 0 Å². The largest absolute Gasteiger partial charge is 0.397 e. The Morgan fingerprint density at radius 2 is 2.00 bits per heavy atom. The second-order valence-electron chi connectivity index (χ2n) is 4.34. The highest BCUT2D eigenvalue weighted by Gasteiger charge is 2.12. The van der Waals surface area contributed by atoms with Crippen LogP contribution in [0.1, 0.15) is 19.3 Å². The van der Waals surface area contributed by atoms with E-state index in [0.29, 0.717) is 16.7 Å². The summed E-state index contributed by atoms with van der Waals surface area (Å²) < 4.78 is 4.74. The van der Waals surface area contributed by atoms with E-state index in [2.05, 4.69) is 15.2 Å². The molecule has 18 heavy (non-hydrogen) atoms. The number of aliphatic hydroxyl groups excluding tert-OH is 1. The van der Waals surface area contributed by atoms with Crippen molar-refractivity contribution in [3.63, 3.8) is 0 Å². The Morgan fingerprint density at radius 3 is 2.78 bits per heavy atom. The summed E-state index contributed by atoms with van der Waals surface area (Å²) in [6.45, 7) is 1.15. The average Bonchev–Trinajstić information content (AvgIpc) is 2.85. The maximum atomic E-state index is 8.73. The van der Waals surface area contributed by atoms with E-state index in [1.54, 1.807) is 0 Å². The molecule has 1 aromatic heterocycles. The number of fused-ring (bicyclic) bond motifs is 1. The van der Waals surface area contributed by atoms with Crippen molar-refractivity contribution in [3.8, 4) is 0 Å². The van der Waals surface area contributed by atoms with E-state index < -0.39 is 0 Å². The average molecular weight is 250 g/mol. The van der Waals surface area contributed by atoms with Crippen LogP contribution in [-0.4, -0.2) is 35.6 Å². The first-order valence-corrected chi connectivity index (χ1v) is 6.06. The van der Waals surface area contributed by atoms with Crippen molar-refractivity contribution in [1.82, 2.24) is 10.3 Å². The Kier molecular flexibility index (Phi) is 3.99. The first-order chi connectivity index (χ1) is 8.74. The number of aliphatic hydroxyl groups is 1. The van der Waals surface area contributed by atoms with Gasteiger partial charge in [0.2, 0.25) is 0 Å². The second-order valence-corrected chi connectivity index (χ2v) is 4.34. The molecule has 6 nitrogen and oxygen atoms in total.